The van der Waals surface area contributed by atoms with Crippen molar-refractivity contribution in [3.05, 3.63) is 64.7 Å². The predicted octanol–water partition coefficient (Wildman–Crippen LogP) is 3.59. The largest absolute Gasteiger partial charge is 0.353 e. The number of amides is 2. The van der Waals surface area contributed by atoms with Crippen LogP contribution in [0, 0.1) is 32.6 Å². The van der Waals surface area contributed by atoms with E-state index in [0.29, 0.717) is 5.69 Å². The number of carbonyl (C=O) groups excluding carboxylic acids is 3. The Morgan fingerprint density at radius 3 is 2.27 bits per heavy atom. The number of rotatable bonds is 2. The van der Waals surface area contributed by atoms with Gasteiger partial charge in [0.15, 0.2) is 5.78 Å². The molecule has 2 saturated heterocycles. The average Bonchev–Trinajstić information content (AvgIpc) is 3.16. The van der Waals surface area contributed by atoms with Crippen LogP contribution >= 0.6 is 0 Å². The first-order chi connectivity index (χ1) is 14.3. The zero-order chi connectivity index (χ0) is 21.3. The Morgan fingerprint density at radius 1 is 0.933 bits per heavy atom. The number of hydrogen-bond acceptors (Lipinski definition) is 4. The standard InChI is InChI=1S/C25H24N2O3/c1-13-8-10-18-17(12-13)9-11-19-20-21(23(16(4)28)26(18)19)25(30)27(24(20)29)22-14(2)6-5-7-15(22)3/h5-12,19-21,23H,1-4H3/t19-,20+,21-,23-/m1/s1. The summed E-state index contributed by atoms with van der Waals surface area (Å²) in [6.45, 7) is 7.36. The van der Waals surface area contributed by atoms with Gasteiger partial charge in [-0.05, 0) is 56.5 Å². The number of ketones is 1. The Hall–Kier alpha value is -3.21. The van der Waals surface area contributed by atoms with Gasteiger partial charge in [0.25, 0.3) is 0 Å². The van der Waals surface area contributed by atoms with Crippen LogP contribution in [0.1, 0.15) is 29.2 Å². The van der Waals surface area contributed by atoms with Crippen molar-refractivity contribution in [2.24, 2.45) is 11.8 Å². The summed E-state index contributed by atoms with van der Waals surface area (Å²) in [5.74, 6) is -1.79. The molecule has 3 aliphatic rings. The summed E-state index contributed by atoms with van der Waals surface area (Å²) < 4.78 is 0. The Bertz CT molecular complexity index is 1130. The van der Waals surface area contributed by atoms with E-state index < -0.39 is 17.9 Å². The molecule has 0 aliphatic carbocycles. The lowest BCUT2D eigenvalue weighted by Crippen LogP contribution is -2.48. The highest BCUT2D eigenvalue weighted by Crippen LogP contribution is 2.50. The molecule has 5 nitrogen and oxygen atoms in total. The van der Waals surface area contributed by atoms with Crippen molar-refractivity contribution in [2.75, 3.05) is 9.80 Å². The van der Waals surface area contributed by atoms with Gasteiger partial charge in [0.1, 0.15) is 6.04 Å². The van der Waals surface area contributed by atoms with E-state index in [2.05, 4.69) is 6.07 Å². The highest BCUT2D eigenvalue weighted by atomic mass is 16.2. The second-order valence-corrected chi connectivity index (χ2v) is 8.68. The molecule has 0 saturated carbocycles. The summed E-state index contributed by atoms with van der Waals surface area (Å²) in [6.07, 6.45) is 4.00. The molecule has 0 N–H and O–H groups in total. The zero-order valence-electron chi connectivity index (χ0n) is 17.5. The number of hydrogen-bond donors (Lipinski definition) is 0. The minimum atomic E-state index is -0.670. The van der Waals surface area contributed by atoms with Gasteiger partial charge in [0.05, 0.1) is 23.6 Å². The number of anilines is 2. The van der Waals surface area contributed by atoms with E-state index >= 15 is 0 Å². The summed E-state index contributed by atoms with van der Waals surface area (Å²) in [4.78, 5) is 43.4. The lowest BCUT2D eigenvalue weighted by Gasteiger charge is -2.36. The Kier molecular flexibility index (Phi) is 4.01. The van der Waals surface area contributed by atoms with E-state index in [1.165, 1.54) is 11.8 Å². The summed E-state index contributed by atoms with van der Waals surface area (Å²) in [5.41, 5.74) is 5.49. The molecular weight excluding hydrogens is 376 g/mol. The van der Waals surface area contributed by atoms with Crippen LogP contribution in [0.4, 0.5) is 11.4 Å². The first kappa shape index (κ1) is 18.8. The van der Waals surface area contributed by atoms with Crippen LogP contribution in [0.15, 0.2) is 42.5 Å². The van der Waals surface area contributed by atoms with Gasteiger partial charge in [0.2, 0.25) is 11.8 Å². The fraction of sp³-hybridized carbons (Fsp3) is 0.320. The van der Waals surface area contributed by atoms with Crippen molar-refractivity contribution < 1.29 is 14.4 Å². The quantitative estimate of drug-likeness (QED) is 0.723. The number of aryl methyl sites for hydroxylation is 3. The molecule has 0 radical (unpaired) electrons. The van der Waals surface area contributed by atoms with Crippen LogP contribution in [0.25, 0.3) is 6.08 Å². The summed E-state index contributed by atoms with van der Waals surface area (Å²) in [6, 6.07) is 10.9. The predicted molar refractivity (Wildman–Crippen MR) is 116 cm³/mol. The van der Waals surface area contributed by atoms with Gasteiger partial charge in [-0.2, -0.15) is 0 Å². The third-order valence-electron chi connectivity index (χ3n) is 6.74. The van der Waals surface area contributed by atoms with Gasteiger partial charge in [-0.1, -0.05) is 42.0 Å². The second-order valence-electron chi connectivity index (χ2n) is 8.68. The van der Waals surface area contributed by atoms with Crippen LogP contribution in [-0.2, 0) is 14.4 Å². The highest BCUT2D eigenvalue weighted by Gasteiger charge is 2.63. The van der Waals surface area contributed by atoms with Crippen LogP contribution in [0.2, 0.25) is 0 Å². The van der Waals surface area contributed by atoms with E-state index in [1.807, 2.05) is 68.2 Å². The van der Waals surface area contributed by atoms with Crippen molar-refractivity contribution in [2.45, 2.75) is 39.8 Å². The van der Waals surface area contributed by atoms with Crippen molar-refractivity contribution in [3.63, 3.8) is 0 Å². The van der Waals surface area contributed by atoms with Crippen LogP contribution in [0.5, 0.6) is 0 Å². The van der Waals surface area contributed by atoms with Crippen molar-refractivity contribution in [1.82, 2.24) is 0 Å². The second kappa shape index (κ2) is 6.39. The first-order valence-corrected chi connectivity index (χ1v) is 10.3. The number of nitrogens with zero attached hydrogens (tertiary/aromatic N) is 2. The van der Waals surface area contributed by atoms with Crippen molar-refractivity contribution in [1.29, 1.82) is 0 Å². The smallest absolute Gasteiger partial charge is 0.240 e. The molecule has 3 heterocycles. The molecule has 5 heteroatoms. The number of fused-ring (bicyclic) bond motifs is 5. The molecule has 2 amide bonds. The summed E-state index contributed by atoms with van der Waals surface area (Å²) in [7, 11) is 0. The van der Waals surface area contributed by atoms with Crippen LogP contribution in [-0.4, -0.2) is 29.7 Å². The normalized spacial score (nSPS) is 26.7. The number of carbonyl (C=O) groups is 3. The molecule has 0 bridgehead atoms. The van der Waals surface area contributed by atoms with Gasteiger partial charge in [-0.15, -0.1) is 0 Å². The molecule has 2 fully saturated rings. The van der Waals surface area contributed by atoms with Crippen LogP contribution in [0.3, 0.4) is 0 Å². The topological polar surface area (TPSA) is 57.7 Å². The highest BCUT2D eigenvalue weighted by molar-refractivity contribution is 6.25. The molecule has 0 spiro atoms. The fourth-order valence-electron chi connectivity index (χ4n) is 5.53. The fourth-order valence-corrected chi connectivity index (χ4v) is 5.53. The van der Waals surface area contributed by atoms with Gasteiger partial charge >= 0.3 is 0 Å². The molecule has 0 unspecified atom stereocenters. The first-order valence-electron chi connectivity index (χ1n) is 10.3. The van der Waals surface area contributed by atoms with Crippen molar-refractivity contribution >= 4 is 35.0 Å². The lowest BCUT2D eigenvalue weighted by molar-refractivity contribution is -0.126. The molecular formula is C25H24N2O3. The maximum absolute atomic E-state index is 13.6. The van der Waals surface area contributed by atoms with E-state index in [9.17, 15) is 14.4 Å². The Balaban J connectivity index is 1.65. The minimum Gasteiger partial charge on any atom is -0.353 e. The zero-order valence-corrected chi connectivity index (χ0v) is 17.5. The molecule has 3 aliphatic heterocycles. The third kappa shape index (κ3) is 2.38. The van der Waals surface area contributed by atoms with E-state index in [0.717, 1.165) is 27.9 Å². The van der Waals surface area contributed by atoms with Crippen molar-refractivity contribution in [3.8, 4) is 0 Å². The van der Waals surface area contributed by atoms with Gasteiger partial charge in [0, 0.05) is 5.69 Å². The van der Waals surface area contributed by atoms with Gasteiger partial charge in [-0.3, -0.25) is 14.4 Å². The number of Topliss-reactive ketones (excluding diaryl/α,β-unsaturated/α-hetero) is 1. The number of imide groups is 1. The third-order valence-corrected chi connectivity index (χ3v) is 6.74. The molecule has 2 aromatic carbocycles. The molecule has 5 rings (SSSR count). The van der Waals surface area contributed by atoms with Crippen LogP contribution < -0.4 is 9.80 Å². The molecule has 152 valence electrons. The Labute approximate surface area is 176 Å². The molecule has 4 atom stereocenters. The average molecular weight is 400 g/mol. The molecule has 30 heavy (non-hydrogen) atoms. The molecule has 0 aromatic heterocycles. The maximum Gasteiger partial charge on any atom is 0.240 e. The van der Waals surface area contributed by atoms with E-state index in [4.69, 9.17) is 0 Å². The molecule has 2 aromatic rings. The maximum atomic E-state index is 13.6. The minimum absolute atomic E-state index is 0.0844. The number of benzene rings is 2. The summed E-state index contributed by atoms with van der Waals surface area (Å²) in [5, 5.41) is 0. The lowest BCUT2D eigenvalue weighted by atomic mass is 9.88. The number of para-hydroxylation sites is 1. The van der Waals surface area contributed by atoms with E-state index in [-0.39, 0.29) is 23.6 Å². The van der Waals surface area contributed by atoms with E-state index in [1.54, 1.807) is 0 Å². The van der Waals surface area contributed by atoms with Gasteiger partial charge < -0.3 is 4.90 Å². The van der Waals surface area contributed by atoms with Gasteiger partial charge in [-0.25, -0.2) is 4.90 Å². The monoisotopic (exact) mass is 400 g/mol. The Morgan fingerprint density at radius 2 is 1.60 bits per heavy atom. The SMILES string of the molecule is CC(=O)[C@@H]1[C@@H]2C(=O)N(c3c(C)cccc3C)C(=O)[C@H]2[C@H]2C=Cc3cc(C)ccc3N21. The summed E-state index contributed by atoms with van der Waals surface area (Å²) >= 11 is 0.